The maximum absolute atomic E-state index is 12.7. The summed E-state index contributed by atoms with van der Waals surface area (Å²) in [5.74, 6) is -0.0116. The number of carbonyl (C=O) groups excluding carboxylic acids is 1. The summed E-state index contributed by atoms with van der Waals surface area (Å²) in [6.07, 6.45) is 2.04. The van der Waals surface area contributed by atoms with E-state index in [0.717, 1.165) is 27.9 Å². The average molecular weight is 374 g/mol. The van der Waals surface area contributed by atoms with Crippen LogP contribution in [0.1, 0.15) is 46.6 Å². The van der Waals surface area contributed by atoms with E-state index in [2.05, 4.69) is 4.98 Å². The van der Waals surface area contributed by atoms with Crippen molar-refractivity contribution in [2.75, 3.05) is 7.05 Å². The van der Waals surface area contributed by atoms with Gasteiger partial charge in [0.1, 0.15) is 0 Å². The number of rotatable bonds is 6. The Balaban J connectivity index is 1.70. The number of benzene rings is 2. The van der Waals surface area contributed by atoms with Crippen LogP contribution < -0.4 is 0 Å². The van der Waals surface area contributed by atoms with Gasteiger partial charge in [0.05, 0.1) is 6.10 Å². The first-order chi connectivity index (χ1) is 13.5. The highest BCUT2D eigenvalue weighted by atomic mass is 16.3. The highest BCUT2D eigenvalue weighted by Gasteiger charge is 2.13. The Morgan fingerprint density at radius 3 is 2.21 bits per heavy atom. The molecule has 3 aromatic rings. The van der Waals surface area contributed by atoms with Crippen LogP contribution in [0.4, 0.5) is 0 Å². The Labute approximate surface area is 166 Å². The number of nitrogens with zero attached hydrogens (tertiary/aromatic N) is 2. The Morgan fingerprint density at radius 2 is 1.64 bits per heavy atom. The van der Waals surface area contributed by atoms with Crippen LogP contribution in [0.5, 0.6) is 0 Å². The molecule has 0 bridgehead atoms. The molecule has 0 radical (unpaired) electrons. The molecule has 0 saturated heterocycles. The van der Waals surface area contributed by atoms with Gasteiger partial charge in [-0.2, -0.15) is 0 Å². The summed E-state index contributed by atoms with van der Waals surface area (Å²) in [4.78, 5) is 18.6. The summed E-state index contributed by atoms with van der Waals surface area (Å²) in [5.41, 5.74) is 5.70. The number of aryl methyl sites for hydroxylation is 1. The Hall–Kier alpha value is -2.98. The maximum Gasteiger partial charge on any atom is 0.253 e. The van der Waals surface area contributed by atoms with Gasteiger partial charge in [0.2, 0.25) is 0 Å². The normalized spacial score (nSPS) is 11.9. The minimum atomic E-state index is -0.422. The lowest BCUT2D eigenvalue weighted by Gasteiger charge is -2.18. The average Bonchev–Trinajstić information content (AvgIpc) is 2.73. The van der Waals surface area contributed by atoms with E-state index in [-0.39, 0.29) is 5.91 Å². The molecule has 3 rings (SSSR count). The van der Waals surface area contributed by atoms with Crippen molar-refractivity contribution in [1.29, 1.82) is 0 Å². The van der Waals surface area contributed by atoms with Crippen LogP contribution in [0.2, 0.25) is 0 Å². The molecule has 4 nitrogen and oxygen atoms in total. The number of carbonyl (C=O) groups is 1. The quantitative estimate of drug-likeness (QED) is 0.676. The molecule has 2 aromatic carbocycles. The van der Waals surface area contributed by atoms with Gasteiger partial charge in [-0.05, 0) is 59.9 Å². The van der Waals surface area contributed by atoms with Gasteiger partial charge in [0.15, 0.2) is 0 Å². The van der Waals surface area contributed by atoms with Gasteiger partial charge in [0, 0.05) is 31.0 Å². The molecular formula is C24H26N2O2. The molecular weight excluding hydrogens is 348 g/mol. The number of aromatic nitrogens is 1. The second-order valence-electron chi connectivity index (χ2n) is 7.09. The third-order valence-electron chi connectivity index (χ3n) is 4.87. The molecule has 0 unspecified atom stereocenters. The van der Waals surface area contributed by atoms with Crippen LogP contribution in [0.25, 0.3) is 11.1 Å². The molecule has 1 atom stereocenters. The van der Waals surface area contributed by atoms with E-state index < -0.39 is 6.10 Å². The third kappa shape index (κ3) is 4.65. The molecule has 144 valence electrons. The van der Waals surface area contributed by atoms with E-state index in [4.69, 9.17) is 0 Å². The van der Waals surface area contributed by atoms with Crippen molar-refractivity contribution in [2.24, 2.45) is 0 Å². The van der Waals surface area contributed by atoms with Crippen LogP contribution in [0.3, 0.4) is 0 Å². The first-order valence-electron chi connectivity index (χ1n) is 9.53. The highest BCUT2D eigenvalue weighted by molar-refractivity contribution is 5.94. The first-order valence-corrected chi connectivity index (χ1v) is 9.53. The van der Waals surface area contributed by atoms with Gasteiger partial charge in [0.25, 0.3) is 5.91 Å². The summed E-state index contributed by atoms with van der Waals surface area (Å²) < 4.78 is 0. The Bertz CT molecular complexity index is 934. The lowest BCUT2D eigenvalue weighted by molar-refractivity contribution is 0.0785. The lowest BCUT2D eigenvalue weighted by atomic mass is 10.00. The molecule has 0 aliphatic carbocycles. The predicted molar refractivity (Wildman–Crippen MR) is 112 cm³/mol. The standard InChI is InChI=1S/C24H26N2O2/c1-4-23(27)21-9-5-19(6-10-21)20-7-11-22(12-8-20)24(28)26(3)16-18-13-14-25-17(2)15-18/h5-15,23,27H,4,16H2,1-3H3/t23-/m1/s1. The van der Waals surface area contributed by atoms with Crippen molar-refractivity contribution in [3.05, 3.63) is 89.2 Å². The number of aliphatic hydroxyl groups excluding tert-OH is 1. The van der Waals surface area contributed by atoms with Crippen molar-refractivity contribution in [3.8, 4) is 11.1 Å². The molecule has 1 aromatic heterocycles. The van der Waals surface area contributed by atoms with Gasteiger partial charge in [-0.15, -0.1) is 0 Å². The number of hydrogen-bond donors (Lipinski definition) is 1. The second-order valence-corrected chi connectivity index (χ2v) is 7.09. The van der Waals surface area contributed by atoms with Crippen molar-refractivity contribution in [3.63, 3.8) is 0 Å². The minimum Gasteiger partial charge on any atom is -0.388 e. The largest absolute Gasteiger partial charge is 0.388 e. The van der Waals surface area contributed by atoms with Crippen LogP contribution in [0, 0.1) is 6.92 Å². The fourth-order valence-corrected chi connectivity index (χ4v) is 3.21. The van der Waals surface area contributed by atoms with E-state index in [0.29, 0.717) is 18.5 Å². The van der Waals surface area contributed by atoms with Crippen molar-refractivity contribution in [1.82, 2.24) is 9.88 Å². The van der Waals surface area contributed by atoms with E-state index in [9.17, 15) is 9.90 Å². The molecule has 4 heteroatoms. The van der Waals surface area contributed by atoms with Gasteiger partial charge >= 0.3 is 0 Å². The third-order valence-corrected chi connectivity index (χ3v) is 4.87. The van der Waals surface area contributed by atoms with E-state index >= 15 is 0 Å². The van der Waals surface area contributed by atoms with Crippen molar-refractivity contribution >= 4 is 5.91 Å². The second kappa shape index (κ2) is 8.81. The predicted octanol–water partition coefficient (Wildman–Crippen LogP) is 4.77. The lowest BCUT2D eigenvalue weighted by Crippen LogP contribution is -2.26. The topological polar surface area (TPSA) is 53.4 Å². The van der Waals surface area contributed by atoms with Crippen LogP contribution in [-0.2, 0) is 6.54 Å². The monoisotopic (exact) mass is 374 g/mol. The van der Waals surface area contributed by atoms with Crippen LogP contribution >= 0.6 is 0 Å². The Morgan fingerprint density at radius 1 is 1.04 bits per heavy atom. The summed E-state index contributed by atoms with van der Waals surface area (Å²) in [7, 11) is 1.81. The zero-order valence-corrected chi connectivity index (χ0v) is 16.6. The fourth-order valence-electron chi connectivity index (χ4n) is 3.21. The molecule has 28 heavy (non-hydrogen) atoms. The molecule has 0 fully saturated rings. The fraction of sp³-hybridized carbons (Fsp3) is 0.250. The zero-order valence-electron chi connectivity index (χ0n) is 16.6. The number of pyridine rings is 1. The Kier molecular flexibility index (Phi) is 6.22. The van der Waals surface area contributed by atoms with E-state index in [1.165, 1.54) is 0 Å². The number of aliphatic hydroxyl groups is 1. The van der Waals surface area contributed by atoms with Crippen molar-refractivity contribution < 1.29 is 9.90 Å². The van der Waals surface area contributed by atoms with Crippen molar-refractivity contribution in [2.45, 2.75) is 32.9 Å². The molecule has 0 spiro atoms. The molecule has 1 N–H and O–H groups in total. The molecule has 0 aliphatic heterocycles. The summed E-state index contributed by atoms with van der Waals surface area (Å²) >= 11 is 0. The maximum atomic E-state index is 12.7. The summed E-state index contributed by atoms with van der Waals surface area (Å²) in [6, 6.07) is 19.5. The zero-order chi connectivity index (χ0) is 20.1. The van der Waals surface area contributed by atoms with Crippen LogP contribution in [-0.4, -0.2) is 27.9 Å². The number of amides is 1. The van der Waals surface area contributed by atoms with Gasteiger partial charge < -0.3 is 10.0 Å². The van der Waals surface area contributed by atoms with E-state index in [1.54, 1.807) is 11.1 Å². The van der Waals surface area contributed by atoms with Gasteiger partial charge in [-0.3, -0.25) is 9.78 Å². The molecule has 1 heterocycles. The molecule has 0 aliphatic rings. The first kappa shape index (κ1) is 19.8. The highest BCUT2D eigenvalue weighted by Crippen LogP contribution is 2.24. The smallest absolute Gasteiger partial charge is 0.253 e. The summed E-state index contributed by atoms with van der Waals surface area (Å²) in [6.45, 7) is 4.45. The number of hydrogen-bond acceptors (Lipinski definition) is 3. The summed E-state index contributed by atoms with van der Waals surface area (Å²) in [5, 5.41) is 9.92. The van der Waals surface area contributed by atoms with Gasteiger partial charge in [-0.1, -0.05) is 43.3 Å². The van der Waals surface area contributed by atoms with E-state index in [1.807, 2.05) is 81.6 Å². The van der Waals surface area contributed by atoms with Gasteiger partial charge in [-0.25, -0.2) is 0 Å². The molecule has 0 saturated carbocycles. The minimum absolute atomic E-state index is 0.0116. The molecule has 1 amide bonds. The SMILES string of the molecule is CC[C@@H](O)c1ccc(-c2ccc(C(=O)N(C)Cc3ccnc(C)c3)cc2)cc1. The van der Waals surface area contributed by atoms with Crippen LogP contribution in [0.15, 0.2) is 66.9 Å².